The summed E-state index contributed by atoms with van der Waals surface area (Å²) in [6.45, 7) is 4.30. The number of hydrogen-bond donors (Lipinski definition) is 1. The maximum atomic E-state index is 12.6. The van der Waals surface area contributed by atoms with Crippen molar-refractivity contribution in [1.82, 2.24) is 0 Å². The minimum absolute atomic E-state index is 0.0252. The fraction of sp³-hybridized carbons (Fsp3) is 0.871. The molecule has 1 N–H and O–H groups in total. The number of carboxylic acids is 1. The number of carbonyl (C=O) groups is 4. The standard InChI is InChI=1S/C31H56O9/c1-4-6-8-10-12-14-16-18-20-22-26(32)39-28(30(34)35)29(31(36)38-25-24-37-3)40-27(33)23-21-19-17-15-13-11-9-7-5-2/h28-29H,4-25H2,1-3H3,(H,34,35). The molecule has 2 unspecified atom stereocenters. The van der Waals surface area contributed by atoms with Gasteiger partial charge in [0.2, 0.25) is 12.2 Å². The quantitative estimate of drug-likeness (QED) is 0.0603. The summed E-state index contributed by atoms with van der Waals surface area (Å²) >= 11 is 0. The van der Waals surface area contributed by atoms with Gasteiger partial charge in [-0.05, 0) is 12.8 Å². The molecule has 0 amide bonds. The lowest BCUT2D eigenvalue weighted by atomic mass is 10.1. The second-order valence-corrected chi connectivity index (χ2v) is 10.5. The van der Waals surface area contributed by atoms with Crippen LogP contribution in [0.4, 0.5) is 0 Å². The van der Waals surface area contributed by atoms with Gasteiger partial charge in [0.25, 0.3) is 0 Å². The molecule has 0 spiro atoms. The highest BCUT2D eigenvalue weighted by Crippen LogP contribution is 2.16. The fourth-order valence-corrected chi connectivity index (χ4v) is 4.34. The Morgan fingerprint density at radius 1 is 0.550 bits per heavy atom. The predicted molar refractivity (Wildman–Crippen MR) is 154 cm³/mol. The lowest BCUT2D eigenvalue weighted by Crippen LogP contribution is -2.46. The van der Waals surface area contributed by atoms with Crippen molar-refractivity contribution in [3.63, 3.8) is 0 Å². The van der Waals surface area contributed by atoms with E-state index >= 15 is 0 Å². The summed E-state index contributed by atoms with van der Waals surface area (Å²) in [7, 11) is 1.42. The highest BCUT2D eigenvalue weighted by Gasteiger charge is 2.41. The summed E-state index contributed by atoms with van der Waals surface area (Å²) in [6, 6.07) is 0. The van der Waals surface area contributed by atoms with E-state index in [9.17, 15) is 24.3 Å². The van der Waals surface area contributed by atoms with Crippen LogP contribution in [0.1, 0.15) is 142 Å². The molecule has 0 saturated carbocycles. The molecule has 0 aliphatic heterocycles. The number of esters is 3. The summed E-state index contributed by atoms with van der Waals surface area (Å²) in [5.41, 5.74) is 0. The second kappa shape index (κ2) is 27.0. The van der Waals surface area contributed by atoms with Gasteiger partial charge in [-0.25, -0.2) is 9.59 Å². The maximum absolute atomic E-state index is 12.6. The monoisotopic (exact) mass is 572 g/mol. The van der Waals surface area contributed by atoms with E-state index in [1.807, 2.05) is 0 Å². The summed E-state index contributed by atoms with van der Waals surface area (Å²) < 4.78 is 20.2. The molecule has 2 atom stereocenters. The molecule has 40 heavy (non-hydrogen) atoms. The van der Waals surface area contributed by atoms with Crippen molar-refractivity contribution in [3.05, 3.63) is 0 Å². The molecule has 0 radical (unpaired) electrons. The number of carbonyl (C=O) groups excluding carboxylic acids is 3. The van der Waals surface area contributed by atoms with Crippen LogP contribution in [0.25, 0.3) is 0 Å². The van der Waals surface area contributed by atoms with E-state index in [1.165, 1.54) is 71.3 Å². The van der Waals surface area contributed by atoms with Crippen molar-refractivity contribution >= 4 is 23.9 Å². The zero-order chi connectivity index (χ0) is 29.8. The van der Waals surface area contributed by atoms with Gasteiger partial charge in [-0.3, -0.25) is 9.59 Å². The van der Waals surface area contributed by atoms with Crippen LogP contribution in [0.15, 0.2) is 0 Å². The molecule has 234 valence electrons. The van der Waals surface area contributed by atoms with Crippen molar-refractivity contribution in [1.29, 1.82) is 0 Å². The number of methoxy groups -OCH3 is 1. The van der Waals surface area contributed by atoms with E-state index < -0.39 is 36.1 Å². The summed E-state index contributed by atoms with van der Waals surface area (Å²) in [4.78, 5) is 49.4. The average molecular weight is 573 g/mol. The molecular weight excluding hydrogens is 516 g/mol. The van der Waals surface area contributed by atoms with Gasteiger partial charge < -0.3 is 24.1 Å². The van der Waals surface area contributed by atoms with E-state index in [4.69, 9.17) is 18.9 Å². The average Bonchev–Trinajstić information content (AvgIpc) is 2.93. The van der Waals surface area contributed by atoms with Crippen LogP contribution in [0.5, 0.6) is 0 Å². The third kappa shape index (κ3) is 21.6. The summed E-state index contributed by atoms with van der Waals surface area (Å²) in [6.07, 6.45) is 15.4. The van der Waals surface area contributed by atoms with Crippen LogP contribution in [-0.4, -0.2) is 61.5 Å². The van der Waals surface area contributed by atoms with Crippen LogP contribution < -0.4 is 0 Å². The molecule has 0 rings (SSSR count). The predicted octanol–water partition coefficient (Wildman–Crippen LogP) is 6.93. The van der Waals surface area contributed by atoms with E-state index in [2.05, 4.69) is 13.8 Å². The minimum Gasteiger partial charge on any atom is -0.478 e. The largest absolute Gasteiger partial charge is 0.478 e. The maximum Gasteiger partial charge on any atom is 0.352 e. The Balaban J connectivity index is 4.71. The zero-order valence-electron chi connectivity index (χ0n) is 25.4. The number of carboxylic acid groups (broad SMARTS) is 1. The van der Waals surface area contributed by atoms with Gasteiger partial charge >= 0.3 is 23.9 Å². The van der Waals surface area contributed by atoms with Crippen LogP contribution in [0.3, 0.4) is 0 Å². The Labute approximate surface area is 242 Å². The molecule has 0 aliphatic carbocycles. The Bertz CT molecular complexity index is 665. The summed E-state index contributed by atoms with van der Waals surface area (Å²) in [5.74, 6) is -4.14. The Morgan fingerprint density at radius 3 is 1.30 bits per heavy atom. The van der Waals surface area contributed by atoms with Gasteiger partial charge in [0.15, 0.2) is 0 Å². The van der Waals surface area contributed by atoms with Crippen molar-refractivity contribution in [2.24, 2.45) is 0 Å². The first-order valence-electron chi connectivity index (χ1n) is 15.6. The molecule has 9 nitrogen and oxygen atoms in total. The first-order valence-corrected chi connectivity index (χ1v) is 15.6. The first kappa shape index (κ1) is 37.8. The van der Waals surface area contributed by atoms with Crippen molar-refractivity contribution in [2.75, 3.05) is 20.3 Å². The van der Waals surface area contributed by atoms with Crippen LogP contribution in [0.2, 0.25) is 0 Å². The molecule has 0 aromatic rings. The normalized spacial score (nSPS) is 12.5. The van der Waals surface area contributed by atoms with E-state index in [-0.39, 0.29) is 26.1 Å². The topological polar surface area (TPSA) is 125 Å². The molecule has 9 heteroatoms. The molecule has 0 aromatic heterocycles. The highest BCUT2D eigenvalue weighted by molar-refractivity contribution is 5.88. The summed E-state index contributed by atoms with van der Waals surface area (Å²) in [5, 5.41) is 9.71. The molecule has 0 fully saturated rings. The van der Waals surface area contributed by atoms with Gasteiger partial charge in [0, 0.05) is 20.0 Å². The van der Waals surface area contributed by atoms with E-state index in [0.717, 1.165) is 38.5 Å². The molecule has 0 heterocycles. The number of unbranched alkanes of at least 4 members (excludes halogenated alkanes) is 16. The lowest BCUT2D eigenvalue weighted by molar-refractivity contribution is -0.190. The van der Waals surface area contributed by atoms with E-state index in [1.54, 1.807) is 0 Å². The Hall–Kier alpha value is -2.16. The molecule has 0 aromatic carbocycles. The third-order valence-electron chi connectivity index (χ3n) is 6.77. The number of aliphatic carboxylic acids is 1. The molecular formula is C31H56O9. The Kier molecular flexibility index (Phi) is 25.6. The van der Waals surface area contributed by atoms with Gasteiger partial charge in [0.05, 0.1) is 6.61 Å². The van der Waals surface area contributed by atoms with E-state index in [0.29, 0.717) is 12.8 Å². The second-order valence-electron chi connectivity index (χ2n) is 10.5. The van der Waals surface area contributed by atoms with Gasteiger partial charge in [0.1, 0.15) is 6.61 Å². The van der Waals surface area contributed by atoms with Crippen LogP contribution >= 0.6 is 0 Å². The van der Waals surface area contributed by atoms with Crippen molar-refractivity contribution < 1.29 is 43.2 Å². The van der Waals surface area contributed by atoms with Crippen molar-refractivity contribution in [3.8, 4) is 0 Å². The van der Waals surface area contributed by atoms with Gasteiger partial charge in [-0.1, -0.05) is 117 Å². The number of ether oxygens (including phenoxy) is 4. The zero-order valence-corrected chi connectivity index (χ0v) is 25.4. The SMILES string of the molecule is CCCCCCCCCCCC(=O)OC(C(=O)O)C(OC(=O)CCCCCCCCCCC)C(=O)OCCOC. The highest BCUT2D eigenvalue weighted by atomic mass is 16.6. The lowest BCUT2D eigenvalue weighted by Gasteiger charge is -2.23. The molecule has 0 aliphatic rings. The first-order chi connectivity index (χ1) is 19.4. The molecule has 0 bridgehead atoms. The third-order valence-corrected chi connectivity index (χ3v) is 6.77. The smallest absolute Gasteiger partial charge is 0.352 e. The van der Waals surface area contributed by atoms with Gasteiger partial charge in [-0.15, -0.1) is 0 Å². The van der Waals surface area contributed by atoms with Crippen molar-refractivity contribution in [2.45, 2.75) is 154 Å². The van der Waals surface area contributed by atoms with Crippen LogP contribution in [0, 0.1) is 0 Å². The van der Waals surface area contributed by atoms with Gasteiger partial charge in [-0.2, -0.15) is 0 Å². The van der Waals surface area contributed by atoms with Crippen LogP contribution in [-0.2, 0) is 38.1 Å². The number of hydrogen-bond acceptors (Lipinski definition) is 8. The molecule has 0 saturated heterocycles. The Morgan fingerprint density at radius 2 is 0.925 bits per heavy atom. The number of rotatable bonds is 28. The minimum atomic E-state index is -1.98. The fourth-order valence-electron chi connectivity index (χ4n) is 4.34.